The van der Waals surface area contributed by atoms with Crippen LogP contribution in [0.25, 0.3) is 0 Å². The largest absolute Gasteiger partial charge is 0.302 e. The van der Waals surface area contributed by atoms with Crippen LogP contribution in [-0.4, -0.2) is 18.5 Å². The summed E-state index contributed by atoms with van der Waals surface area (Å²) in [4.78, 5) is 0.395. The van der Waals surface area contributed by atoms with Gasteiger partial charge in [0.05, 0.1) is 11.9 Å². The predicted octanol–water partition coefficient (Wildman–Crippen LogP) is 0.792. The highest BCUT2D eigenvalue weighted by Gasteiger charge is 2.08. The van der Waals surface area contributed by atoms with Crippen LogP contribution in [0.1, 0.15) is 12.6 Å². The van der Waals surface area contributed by atoms with Crippen molar-refractivity contribution in [3.63, 3.8) is 0 Å². The minimum atomic E-state index is -1.90. The molecule has 0 radical (unpaired) electrons. The number of aryl methyl sites for hydroxylation is 1. The van der Waals surface area contributed by atoms with Gasteiger partial charge in [0.15, 0.2) is 11.1 Å². The quantitative estimate of drug-likeness (QED) is 0.674. The molecule has 0 saturated heterocycles. The second-order valence-electron chi connectivity index (χ2n) is 2.16. The van der Waals surface area contributed by atoms with Crippen LogP contribution < -0.4 is 0 Å². The molecule has 0 aliphatic rings. The third-order valence-corrected chi connectivity index (χ3v) is 2.32. The Morgan fingerprint density at radius 3 is 2.73 bits per heavy atom. The summed E-state index contributed by atoms with van der Waals surface area (Å²) in [5.74, 6) is 0. The lowest BCUT2D eigenvalue weighted by molar-refractivity contribution is 0.562. The monoisotopic (exact) mass is 174 g/mol. The topological polar surface area (TPSA) is 55.1 Å². The van der Waals surface area contributed by atoms with Gasteiger partial charge in [-0.3, -0.25) is 4.68 Å². The van der Waals surface area contributed by atoms with E-state index in [1.807, 2.05) is 6.92 Å². The Morgan fingerprint density at radius 1 is 1.82 bits per heavy atom. The molecule has 11 heavy (non-hydrogen) atoms. The zero-order valence-electron chi connectivity index (χ0n) is 6.44. The van der Waals surface area contributed by atoms with Crippen molar-refractivity contribution in [3.8, 4) is 0 Å². The normalized spacial score (nSPS) is 13.4. The molecule has 1 heterocycles. The molecule has 0 aromatic carbocycles. The number of aromatic nitrogens is 2. The molecule has 0 bridgehead atoms. The van der Waals surface area contributed by atoms with E-state index in [-0.39, 0.29) is 0 Å². The Hall–Kier alpha value is -0.680. The first-order valence-electron chi connectivity index (χ1n) is 3.30. The molecule has 1 N–H and O–H groups in total. The molecule has 0 spiro atoms. The summed E-state index contributed by atoms with van der Waals surface area (Å²) in [6.45, 7) is 4.44. The highest BCUT2D eigenvalue weighted by molar-refractivity contribution is 7.79. The SMILES string of the molecule is CCn1ncc(S(=O)O)c1C. The number of hydrogen-bond donors (Lipinski definition) is 1. The first kappa shape index (κ1) is 8.42. The molecule has 0 aliphatic carbocycles. The zero-order chi connectivity index (χ0) is 8.43. The molecule has 0 fully saturated rings. The van der Waals surface area contributed by atoms with E-state index in [9.17, 15) is 4.21 Å². The Morgan fingerprint density at radius 2 is 2.45 bits per heavy atom. The summed E-state index contributed by atoms with van der Waals surface area (Å²) in [6.07, 6.45) is 1.43. The summed E-state index contributed by atoms with van der Waals surface area (Å²) in [7, 11) is 0. The van der Waals surface area contributed by atoms with Gasteiger partial charge in [0.1, 0.15) is 4.90 Å². The van der Waals surface area contributed by atoms with Crippen LogP contribution in [-0.2, 0) is 17.6 Å². The van der Waals surface area contributed by atoms with Crippen molar-refractivity contribution in [3.05, 3.63) is 11.9 Å². The first-order valence-corrected chi connectivity index (χ1v) is 4.40. The van der Waals surface area contributed by atoms with E-state index >= 15 is 0 Å². The average Bonchev–Trinajstić information content (AvgIpc) is 2.30. The molecule has 4 nitrogen and oxygen atoms in total. The Kier molecular flexibility index (Phi) is 2.41. The Bertz CT molecular complexity index is 282. The molecule has 62 valence electrons. The fourth-order valence-electron chi connectivity index (χ4n) is 0.920. The maximum atomic E-state index is 10.6. The molecule has 1 aromatic rings. The van der Waals surface area contributed by atoms with Gasteiger partial charge < -0.3 is 4.55 Å². The summed E-state index contributed by atoms with van der Waals surface area (Å²) in [5.41, 5.74) is 0.758. The first-order chi connectivity index (χ1) is 5.16. The molecule has 1 atom stereocenters. The van der Waals surface area contributed by atoms with Crippen LogP contribution in [0, 0.1) is 6.92 Å². The number of rotatable bonds is 2. The van der Waals surface area contributed by atoms with Crippen LogP contribution in [0.15, 0.2) is 11.1 Å². The van der Waals surface area contributed by atoms with Gasteiger partial charge >= 0.3 is 0 Å². The lowest BCUT2D eigenvalue weighted by Gasteiger charge is -1.97. The molecule has 1 unspecified atom stereocenters. The third-order valence-electron chi connectivity index (χ3n) is 1.55. The molecule has 1 aromatic heterocycles. The number of nitrogens with zero attached hydrogens (tertiary/aromatic N) is 2. The summed E-state index contributed by atoms with van der Waals surface area (Å²) >= 11 is -1.90. The summed E-state index contributed by atoms with van der Waals surface area (Å²) in [6, 6.07) is 0. The van der Waals surface area contributed by atoms with E-state index in [1.165, 1.54) is 6.20 Å². The summed E-state index contributed by atoms with van der Waals surface area (Å²) < 4.78 is 21.0. The molecule has 0 aliphatic heterocycles. The maximum absolute atomic E-state index is 10.6. The molecule has 0 amide bonds. The summed E-state index contributed by atoms with van der Waals surface area (Å²) in [5, 5.41) is 3.92. The van der Waals surface area contributed by atoms with Gasteiger partial charge in [-0.25, -0.2) is 4.21 Å². The van der Waals surface area contributed by atoms with Crippen LogP contribution in [0.2, 0.25) is 0 Å². The van der Waals surface area contributed by atoms with Gasteiger partial charge in [-0.15, -0.1) is 0 Å². The van der Waals surface area contributed by atoms with Crippen molar-refractivity contribution in [2.45, 2.75) is 25.3 Å². The van der Waals surface area contributed by atoms with Crippen molar-refractivity contribution >= 4 is 11.1 Å². The van der Waals surface area contributed by atoms with E-state index in [1.54, 1.807) is 11.6 Å². The van der Waals surface area contributed by atoms with Gasteiger partial charge in [-0.1, -0.05) is 0 Å². The van der Waals surface area contributed by atoms with E-state index in [0.717, 1.165) is 12.2 Å². The lowest BCUT2D eigenvalue weighted by atomic mass is 10.5. The maximum Gasteiger partial charge on any atom is 0.190 e. The van der Waals surface area contributed by atoms with Crippen molar-refractivity contribution in [2.75, 3.05) is 0 Å². The predicted molar refractivity (Wildman–Crippen MR) is 41.7 cm³/mol. The standard InChI is InChI=1S/C6H10N2O2S/c1-3-8-5(2)6(4-7-8)11(9)10/h4H,3H2,1-2H3,(H,9,10). The van der Waals surface area contributed by atoms with Crippen LogP contribution >= 0.6 is 0 Å². The second-order valence-corrected chi connectivity index (χ2v) is 3.10. The minimum Gasteiger partial charge on any atom is -0.302 e. The fourth-order valence-corrected chi connectivity index (χ4v) is 1.42. The van der Waals surface area contributed by atoms with Crippen molar-refractivity contribution in [1.29, 1.82) is 0 Å². The number of hydrogen-bond acceptors (Lipinski definition) is 2. The van der Waals surface area contributed by atoms with Gasteiger partial charge in [-0.2, -0.15) is 5.10 Å². The van der Waals surface area contributed by atoms with E-state index in [4.69, 9.17) is 4.55 Å². The van der Waals surface area contributed by atoms with Gasteiger partial charge in [0.25, 0.3) is 0 Å². The van der Waals surface area contributed by atoms with Crippen LogP contribution in [0.4, 0.5) is 0 Å². The smallest absolute Gasteiger partial charge is 0.190 e. The zero-order valence-corrected chi connectivity index (χ0v) is 7.26. The van der Waals surface area contributed by atoms with Crippen molar-refractivity contribution < 1.29 is 8.76 Å². The van der Waals surface area contributed by atoms with Crippen LogP contribution in [0.5, 0.6) is 0 Å². The highest BCUT2D eigenvalue weighted by Crippen LogP contribution is 2.09. The van der Waals surface area contributed by atoms with Gasteiger partial charge in [0.2, 0.25) is 0 Å². The van der Waals surface area contributed by atoms with Crippen molar-refractivity contribution in [1.82, 2.24) is 9.78 Å². The molecule has 0 saturated carbocycles. The molecule has 5 heteroatoms. The minimum absolute atomic E-state index is 0.395. The van der Waals surface area contributed by atoms with Crippen LogP contribution in [0.3, 0.4) is 0 Å². The Balaban J connectivity index is 3.10. The fraction of sp³-hybridized carbons (Fsp3) is 0.500. The highest BCUT2D eigenvalue weighted by atomic mass is 32.2. The molecular formula is C6H10N2O2S. The van der Waals surface area contributed by atoms with Crippen molar-refractivity contribution in [2.24, 2.45) is 0 Å². The lowest BCUT2D eigenvalue weighted by Crippen LogP contribution is -1.99. The molecular weight excluding hydrogens is 164 g/mol. The van der Waals surface area contributed by atoms with E-state index in [2.05, 4.69) is 5.10 Å². The second kappa shape index (κ2) is 3.15. The third kappa shape index (κ3) is 1.49. The molecule has 1 rings (SSSR count). The van der Waals surface area contributed by atoms with Gasteiger partial charge in [0, 0.05) is 6.54 Å². The van der Waals surface area contributed by atoms with Gasteiger partial charge in [-0.05, 0) is 13.8 Å². The average molecular weight is 174 g/mol. The van der Waals surface area contributed by atoms with E-state index < -0.39 is 11.1 Å². The Labute approximate surface area is 67.5 Å². The van der Waals surface area contributed by atoms with E-state index in [0.29, 0.717) is 4.90 Å².